The molecule has 22 heavy (non-hydrogen) atoms. The van der Waals surface area contributed by atoms with Crippen LogP contribution >= 0.6 is 11.6 Å². The number of sulfone groups is 1. The first-order valence-electron chi connectivity index (χ1n) is 6.15. The molecule has 0 unspecified atom stereocenters. The van der Waals surface area contributed by atoms with Crippen molar-refractivity contribution in [3.05, 3.63) is 41.1 Å². The predicted molar refractivity (Wildman–Crippen MR) is 79.0 cm³/mol. The Morgan fingerprint density at radius 2 is 1.95 bits per heavy atom. The van der Waals surface area contributed by atoms with Gasteiger partial charge in [0.15, 0.2) is 0 Å². The molecule has 9 heteroatoms. The molecular weight excluding hydrogens is 331 g/mol. The lowest BCUT2D eigenvalue weighted by Crippen LogP contribution is -2.06. The molecule has 3 aromatic rings. The second kappa shape index (κ2) is 4.99. The van der Waals surface area contributed by atoms with Crippen LogP contribution in [0.2, 0.25) is 5.15 Å². The molecule has 0 N–H and O–H groups in total. The van der Waals surface area contributed by atoms with Crippen LogP contribution in [0, 0.1) is 12.7 Å². The Bertz CT molecular complexity index is 1000. The molecule has 0 aliphatic heterocycles. The van der Waals surface area contributed by atoms with Crippen LogP contribution in [0.5, 0.6) is 0 Å². The number of nitrogens with zero attached hydrogens (tertiary/aromatic N) is 4. The van der Waals surface area contributed by atoms with Crippen molar-refractivity contribution in [2.75, 3.05) is 6.26 Å². The summed E-state index contributed by atoms with van der Waals surface area (Å²) < 4.78 is 38.3. The minimum absolute atomic E-state index is 0.0174. The average molecular weight is 341 g/mol. The van der Waals surface area contributed by atoms with Gasteiger partial charge in [0.05, 0.1) is 17.1 Å². The van der Waals surface area contributed by atoms with E-state index < -0.39 is 15.7 Å². The average Bonchev–Trinajstić information content (AvgIpc) is 2.72. The van der Waals surface area contributed by atoms with Gasteiger partial charge in [-0.2, -0.15) is 0 Å². The van der Waals surface area contributed by atoms with Crippen LogP contribution in [0.25, 0.3) is 17.0 Å². The van der Waals surface area contributed by atoms with Gasteiger partial charge in [0.2, 0.25) is 15.0 Å². The van der Waals surface area contributed by atoms with Crippen LogP contribution in [0.3, 0.4) is 0 Å². The van der Waals surface area contributed by atoms with Gasteiger partial charge in [0.25, 0.3) is 0 Å². The molecule has 0 saturated heterocycles. The van der Waals surface area contributed by atoms with E-state index in [1.807, 2.05) is 0 Å². The quantitative estimate of drug-likeness (QED) is 0.528. The van der Waals surface area contributed by atoms with Gasteiger partial charge in [-0.3, -0.25) is 4.40 Å². The molecule has 0 atom stereocenters. The number of hydrogen-bond acceptors (Lipinski definition) is 5. The number of aryl methyl sites for hydroxylation is 1. The molecule has 0 radical (unpaired) electrons. The van der Waals surface area contributed by atoms with E-state index in [0.717, 1.165) is 6.26 Å². The molecule has 3 aromatic heterocycles. The molecule has 114 valence electrons. The number of hydrogen-bond donors (Lipinski definition) is 0. The Kier molecular flexibility index (Phi) is 3.37. The van der Waals surface area contributed by atoms with E-state index in [-0.39, 0.29) is 16.0 Å². The van der Waals surface area contributed by atoms with Crippen molar-refractivity contribution in [3.8, 4) is 11.4 Å². The minimum atomic E-state index is -3.62. The summed E-state index contributed by atoms with van der Waals surface area (Å²) in [6, 6.07) is 4.23. The van der Waals surface area contributed by atoms with E-state index in [1.165, 1.54) is 28.8 Å². The largest absolute Gasteiger partial charge is 0.295 e. The summed E-state index contributed by atoms with van der Waals surface area (Å²) in [6.07, 6.45) is 2.24. The molecule has 0 aliphatic carbocycles. The standard InChI is InChI=1S/C13H10ClFN4O2S/c1-7-12(19-6-8(15)3-4-11(19)16-7)9-5-10(14)18-13(17-9)22(2,20)21/h3-6H,1-2H3. The van der Waals surface area contributed by atoms with Crippen molar-refractivity contribution >= 4 is 27.1 Å². The monoisotopic (exact) mass is 340 g/mol. The summed E-state index contributed by atoms with van der Waals surface area (Å²) in [4.78, 5) is 12.0. The van der Waals surface area contributed by atoms with Gasteiger partial charge in [-0.15, -0.1) is 0 Å². The zero-order valence-electron chi connectivity index (χ0n) is 11.6. The number of imidazole rings is 1. The highest BCUT2D eigenvalue weighted by molar-refractivity contribution is 7.90. The third-order valence-corrected chi connectivity index (χ3v) is 4.04. The van der Waals surface area contributed by atoms with Crippen LogP contribution in [-0.4, -0.2) is 34.0 Å². The highest BCUT2D eigenvalue weighted by Gasteiger charge is 2.18. The maximum atomic E-state index is 13.5. The number of pyridine rings is 1. The molecule has 0 fully saturated rings. The smallest absolute Gasteiger partial charge is 0.248 e. The van der Waals surface area contributed by atoms with E-state index in [2.05, 4.69) is 15.0 Å². The maximum absolute atomic E-state index is 13.5. The number of halogens is 2. The van der Waals surface area contributed by atoms with Crippen molar-refractivity contribution in [1.29, 1.82) is 0 Å². The Morgan fingerprint density at radius 3 is 2.64 bits per heavy atom. The molecule has 0 saturated carbocycles. The summed E-state index contributed by atoms with van der Waals surface area (Å²) in [6.45, 7) is 1.72. The minimum Gasteiger partial charge on any atom is -0.295 e. The van der Waals surface area contributed by atoms with Gasteiger partial charge in [-0.05, 0) is 19.1 Å². The first kappa shape index (κ1) is 14.9. The van der Waals surface area contributed by atoms with Crippen LogP contribution in [-0.2, 0) is 9.84 Å². The Labute approximate surface area is 130 Å². The van der Waals surface area contributed by atoms with E-state index in [1.54, 1.807) is 6.92 Å². The lowest BCUT2D eigenvalue weighted by molar-refractivity contribution is 0.593. The van der Waals surface area contributed by atoms with Gasteiger partial charge in [-0.1, -0.05) is 11.6 Å². The summed E-state index contributed by atoms with van der Waals surface area (Å²) in [5.41, 5.74) is 1.81. The van der Waals surface area contributed by atoms with Crippen LogP contribution < -0.4 is 0 Å². The molecular formula is C13H10ClFN4O2S. The van der Waals surface area contributed by atoms with Crippen molar-refractivity contribution in [1.82, 2.24) is 19.4 Å². The molecule has 3 heterocycles. The molecule has 0 spiro atoms. The summed E-state index contributed by atoms with van der Waals surface area (Å²) in [5, 5.41) is -0.406. The van der Waals surface area contributed by atoms with Gasteiger partial charge >= 0.3 is 0 Å². The fraction of sp³-hybridized carbons (Fsp3) is 0.154. The third kappa shape index (κ3) is 2.55. The fourth-order valence-electron chi connectivity index (χ4n) is 2.13. The molecule has 0 amide bonds. The van der Waals surface area contributed by atoms with E-state index in [4.69, 9.17) is 11.6 Å². The topological polar surface area (TPSA) is 77.2 Å². The van der Waals surface area contributed by atoms with Crippen molar-refractivity contribution in [3.63, 3.8) is 0 Å². The summed E-state index contributed by atoms with van der Waals surface area (Å²) >= 11 is 5.89. The summed E-state index contributed by atoms with van der Waals surface area (Å²) in [7, 11) is -3.62. The lowest BCUT2D eigenvalue weighted by Gasteiger charge is -2.05. The molecule has 0 aromatic carbocycles. The van der Waals surface area contributed by atoms with Gasteiger partial charge in [0.1, 0.15) is 16.6 Å². The SMILES string of the molecule is Cc1nc2ccc(F)cn2c1-c1cc(Cl)nc(S(C)(=O)=O)n1. The van der Waals surface area contributed by atoms with Gasteiger partial charge in [0, 0.05) is 18.5 Å². The zero-order chi connectivity index (χ0) is 16.1. The Balaban J connectivity index is 2.35. The Morgan fingerprint density at radius 1 is 1.23 bits per heavy atom. The molecule has 3 rings (SSSR count). The van der Waals surface area contributed by atoms with E-state index in [9.17, 15) is 12.8 Å². The second-order valence-electron chi connectivity index (χ2n) is 4.75. The van der Waals surface area contributed by atoms with Crippen molar-refractivity contribution in [2.45, 2.75) is 12.1 Å². The van der Waals surface area contributed by atoms with Crippen LogP contribution in [0.15, 0.2) is 29.6 Å². The molecule has 0 bridgehead atoms. The van der Waals surface area contributed by atoms with Crippen LogP contribution in [0.4, 0.5) is 4.39 Å². The predicted octanol–water partition coefficient (Wildman–Crippen LogP) is 2.30. The first-order valence-corrected chi connectivity index (χ1v) is 8.42. The second-order valence-corrected chi connectivity index (χ2v) is 7.05. The lowest BCUT2D eigenvalue weighted by atomic mass is 10.2. The Hall–Kier alpha value is -2.06. The van der Waals surface area contributed by atoms with E-state index >= 15 is 0 Å². The fourth-order valence-corrected chi connectivity index (χ4v) is 2.89. The maximum Gasteiger partial charge on any atom is 0.248 e. The number of fused-ring (bicyclic) bond motifs is 1. The third-order valence-electron chi connectivity index (χ3n) is 3.01. The van der Waals surface area contributed by atoms with Gasteiger partial charge in [-0.25, -0.2) is 27.8 Å². The van der Waals surface area contributed by atoms with E-state index in [0.29, 0.717) is 17.0 Å². The first-order chi connectivity index (χ1) is 10.3. The zero-order valence-corrected chi connectivity index (χ0v) is 13.2. The molecule has 6 nitrogen and oxygen atoms in total. The highest BCUT2D eigenvalue weighted by atomic mass is 35.5. The van der Waals surface area contributed by atoms with Crippen molar-refractivity contribution < 1.29 is 12.8 Å². The van der Waals surface area contributed by atoms with Crippen molar-refractivity contribution in [2.24, 2.45) is 0 Å². The summed E-state index contributed by atoms with van der Waals surface area (Å²) in [5.74, 6) is -0.449. The molecule has 0 aliphatic rings. The van der Waals surface area contributed by atoms with Crippen LogP contribution in [0.1, 0.15) is 5.69 Å². The number of aromatic nitrogens is 4. The normalized spacial score (nSPS) is 12.0. The number of rotatable bonds is 2. The van der Waals surface area contributed by atoms with Gasteiger partial charge < -0.3 is 0 Å². The highest BCUT2D eigenvalue weighted by Crippen LogP contribution is 2.26.